The number of aromatic nitrogens is 3. The minimum atomic E-state index is -0.205. The highest BCUT2D eigenvalue weighted by Crippen LogP contribution is 2.18. The van der Waals surface area contributed by atoms with E-state index in [1.807, 2.05) is 31.2 Å². The third-order valence-electron chi connectivity index (χ3n) is 3.10. The van der Waals surface area contributed by atoms with E-state index in [-0.39, 0.29) is 5.91 Å². The molecular formula is C16H15N5OS. The number of aryl methyl sites for hydroxylation is 1. The van der Waals surface area contributed by atoms with Crippen molar-refractivity contribution in [3.05, 3.63) is 64.9 Å². The van der Waals surface area contributed by atoms with Crippen molar-refractivity contribution in [3.8, 4) is 0 Å². The van der Waals surface area contributed by atoms with Gasteiger partial charge in [-0.05, 0) is 18.6 Å². The number of benzene rings is 1. The Morgan fingerprint density at radius 2 is 1.91 bits per heavy atom. The summed E-state index contributed by atoms with van der Waals surface area (Å²) in [5.41, 5.74) is 2.62. The van der Waals surface area contributed by atoms with Crippen molar-refractivity contribution in [2.24, 2.45) is 0 Å². The number of carbonyl (C=O) groups is 1. The second-order valence-corrected chi connectivity index (χ2v) is 5.76. The molecule has 0 unspecified atom stereocenters. The van der Waals surface area contributed by atoms with Crippen LogP contribution in [0.1, 0.15) is 21.6 Å². The molecule has 0 bridgehead atoms. The van der Waals surface area contributed by atoms with Crippen molar-refractivity contribution in [1.82, 2.24) is 20.3 Å². The summed E-state index contributed by atoms with van der Waals surface area (Å²) in [4.78, 5) is 24.5. The Morgan fingerprint density at radius 1 is 1.17 bits per heavy atom. The fourth-order valence-corrected chi connectivity index (χ4v) is 2.56. The van der Waals surface area contributed by atoms with Gasteiger partial charge in [-0.2, -0.15) is 0 Å². The molecule has 3 aromatic rings. The number of carbonyl (C=O) groups excluding carboxylic acids is 1. The van der Waals surface area contributed by atoms with Gasteiger partial charge in [0.25, 0.3) is 5.91 Å². The van der Waals surface area contributed by atoms with Crippen LogP contribution in [0.4, 0.5) is 11.1 Å². The molecule has 0 atom stereocenters. The lowest BCUT2D eigenvalue weighted by Crippen LogP contribution is -2.23. The Labute approximate surface area is 137 Å². The van der Waals surface area contributed by atoms with E-state index in [9.17, 15) is 4.79 Å². The summed E-state index contributed by atoms with van der Waals surface area (Å²) in [5, 5.41) is 8.11. The Bertz CT molecular complexity index is 786. The summed E-state index contributed by atoms with van der Waals surface area (Å²) in [6, 6.07) is 9.77. The van der Waals surface area contributed by atoms with Crippen LogP contribution < -0.4 is 10.6 Å². The second kappa shape index (κ2) is 6.97. The van der Waals surface area contributed by atoms with Gasteiger partial charge in [0.2, 0.25) is 5.95 Å². The third-order valence-corrected chi connectivity index (χ3v) is 3.85. The van der Waals surface area contributed by atoms with E-state index in [4.69, 9.17) is 0 Å². The van der Waals surface area contributed by atoms with Gasteiger partial charge < -0.3 is 10.6 Å². The first-order valence-corrected chi connectivity index (χ1v) is 7.92. The van der Waals surface area contributed by atoms with Gasteiger partial charge in [-0.25, -0.2) is 15.0 Å². The molecule has 0 aliphatic carbocycles. The topological polar surface area (TPSA) is 79.8 Å². The lowest BCUT2D eigenvalue weighted by atomic mass is 10.1. The van der Waals surface area contributed by atoms with Crippen LogP contribution in [0.3, 0.4) is 0 Å². The lowest BCUT2D eigenvalue weighted by molar-refractivity contribution is 0.0946. The zero-order valence-electron chi connectivity index (χ0n) is 12.5. The zero-order chi connectivity index (χ0) is 16.1. The molecule has 6 nitrogen and oxygen atoms in total. The number of hydrogen-bond acceptors (Lipinski definition) is 6. The monoisotopic (exact) mass is 325 g/mol. The molecule has 1 amide bonds. The molecule has 2 N–H and O–H groups in total. The van der Waals surface area contributed by atoms with E-state index in [2.05, 4.69) is 25.6 Å². The van der Waals surface area contributed by atoms with E-state index in [0.717, 1.165) is 5.56 Å². The van der Waals surface area contributed by atoms with Crippen molar-refractivity contribution in [2.75, 3.05) is 5.32 Å². The molecule has 116 valence electrons. The minimum absolute atomic E-state index is 0.205. The van der Waals surface area contributed by atoms with Crippen LogP contribution >= 0.6 is 11.3 Å². The molecule has 0 aliphatic rings. The van der Waals surface area contributed by atoms with Crippen molar-refractivity contribution >= 4 is 28.3 Å². The SMILES string of the molecule is Cc1ccc(CNC(=O)c2csc(Nc3ncccn3)n2)cc1. The first-order valence-electron chi connectivity index (χ1n) is 7.04. The molecule has 0 fully saturated rings. The molecule has 0 saturated heterocycles. The van der Waals surface area contributed by atoms with Gasteiger partial charge in [-0.3, -0.25) is 4.79 Å². The smallest absolute Gasteiger partial charge is 0.271 e. The maximum absolute atomic E-state index is 12.1. The summed E-state index contributed by atoms with van der Waals surface area (Å²) in [5.74, 6) is 0.248. The average Bonchev–Trinajstić information content (AvgIpc) is 3.03. The Balaban J connectivity index is 1.59. The summed E-state index contributed by atoms with van der Waals surface area (Å²) >= 11 is 1.33. The fraction of sp³-hybridized carbons (Fsp3) is 0.125. The molecule has 23 heavy (non-hydrogen) atoms. The first-order chi connectivity index (χ1) is 11.2. The van der Waals surface area contributed by atoms with E-state index in [1.54, 1.807) is 23.8 Å². The first kappa shape index (κ1) is 15.1. The molecule has 2 aromatic heterocycles. The second-order valence-electron chi connectivity index (χ2n) is 4.90. The van der Waals surface area contributed by atoms with E-state index >= 15 is 0 Å². The van der Waals surface area contributed by atoms with Crippen LogP contribution in [0, 0.1) is 6.92 Å². The van der Waals surface area contributed by atoms with Crippen LogP contribution in [0.25, 0.3) is 0 Å². The highest BCUT2D eigenvalue weighted by atomic mass is 32.1. The predicted molar refractivity (Wildman–Crippen MR) is 89.8 cm³/mol. The largest absolute Gasteiger partial charge is 0.347 e. The number of hydrogen-bond donors (Lipinski definition) is 2. The molecule has 0 aliphatic heterocycles. The van der Waals surface area contributed by atoms with Crippen LogP contribution in [0.2, 0.25) is 0 Å². The van der Waals surface area contributed by atoms with E-state index in [0.29, 0.717) is 23.3 Å². The maximum Gasteiger partial charge on any atom is 0.271 e. The Hall–Kier alpha value is -2.80. The lowest BCUT2D eigenvalue weighted by Gasteiger charge is -2.04. The summed E-state index contributed by atoms with van der Waals surface area (Å²) in [6.45, 7) is 2.50. The minimum Gasteiger partial charge on any atom is -0.347 e. The Kier molecular flexibility index (Phi) is 4.58. The van der Waals surface area contributed by atoms with Crippen LogP contribution in [-0.2, 0) is 6.54 Å². The van der Waals surface area contributed by atoms with Gasteiger partial charge in [-0.15, -0.1) is 11.3 Å². The van der Waals surface area contributed by atoms with E-state index < -0.39 is 0 Å². The standard InChI is InChI=1S/C16H15N5OS/c1-11-3-5-12(6-4-11)9-19-14(22)13-10-23-16(20-13)21-15-17-7-2-8-18-15/h2-8,10H,9H2,1H3,(H,19,22)(H,17,18,20,21). The molecule has 2 heterocycles. The van der Waals surface area contributed by atoms with Gasteiger partial charge in [-0.1, -0.05) is 29.8 Å². The van der Waals surface area contributed by atoms with Crippen LogP contribution in [0.15, 0.2) is 48.1 Å². The highest BCUT2D eigenvalue weighted by molar-refractivity contribution is 7.14. The molecule has 7 heteroatoms. The summed E-state index contributed by atoms with van der Waals surface area (Å²) < 4.78 is 0. The predicted octanol–water partition coefficient (Wildman–Crippen LogP) is 2.92. The molecule has 0 spiro atoms. The summed E-state index contributed by atoms with van der Waals surface area (Å²) in [6.07, 6.45) is 3.27. The normalized spacial score (nSPS) is 10.3. The van der Waals surface area contributed by atoms with Gasteiger partial charge >= 0.3 is 0 Å². The van der Waals surface area contributed by atoms with Gasteiger partial charge in [0.15, 0.2) is 5.13 Å². The number of rotatable bonds is 5. The zero-order valence-corrected chi connectivity index (χ0v) is 13.3. The van der Waals surface area contributed by atoms with Crippen molar-refractivity contribution in [2.45, 2.75) is 13.5 Å². The van der Waals surface area contributed by atoms with Crippen LogP contribution in [-0.4, -0.2) is 20.9 Å². The highest BCUT2D eigenvalue weighted by Gasteiger charge is 2.11. The molecule has 1 aromatic carbocycles. The number of nitrogens with one attached hydrogen (secondary N) is 2. The average molecular weight is 325 g/mol. The van der Waals surface area contributed by atoms with Crippen molar-refractivity contribution in [3.63, 3.8) is 0 Å². The quantitative estimate of drug-likeness (QED) is 0.754. The number of amides is 1. The molecular weight excluding hydrogens is 310 g/mol. The third kappa shape index (κ3) is 4.10. The van der Waals surface area contributed by atoms with Crippen molar-refractivity contribution in [1.29, 1.82) is 0 Å². The Morgan fingerprint density at radius 3 is 2.65 bits per heavy atom. The van der Waals surface area contributed by atoms with Crippen LogP contribution in [0.5, 0.6) is 0 Å². The molecule has 0 saturated carbocycles. The number of anilines is 2. The van der Waals surface area contributed by atoms with E-state index in [1.165, 1.54) is 16.9 Å². The fourth-order valence-electron chi connectivity index (χ4n) is 1.87. The van der Waals surface area contributed by atoms with Crippen molar-refractivity contribution < 1.29 is 4.79 Å². The molecule has 0 radical (unpaired) electrons. The van der Waals surface area contributed by atoms with Gasteiger partial charge in [0.1, 0.15) is 5.69 Å². The molecule has 3 rings (SSSR count). The maximum atomic E-state index is 12.1. The van der Waals surface area contributed by atoms with Gasteiger partial charge in [0.05, 0.1) is 0 Å². The van der Waals surface area contributed by atoms with Gasteiger partial charge in [0, 0.05) is 24.3 Å². The number of thiazole rings is 1. The number of nitrogens with zero attached hydrogens (tertiary/aromatic N) is 3. The summed E-state index contributed by atoms with van der Waals surface area (Å²) in [7, 11) is 0.